The standard InChI is InChI=1S/C35H38ClN3O4S/c1-5-37-35(41)33(22-28-12-7-6-8-13-28)38(23-29-14-10-15-30(36)21-29)34(40)24-39(32-16-9-11-26(3)27(32)4)44(42,43)31-19-17-25(2)18-20-31/h6-21,33H,5,22-24H2,1-4H3,(H,37,41)/t33-/m0/s1. The van der Waals surface area contributed by atoms with Crippen molar-refractivity contribution in [1.82, 2.24) is 10.2 Å². The number of nitrogens with one attached hydrogen (secondary N) is 1. The van der Waals surface area contributed by atoms with Crippen molar-refractivity contribution in [2.24, 2.45) is 0 Å². The lowest BCUT2D eigenvalue weighted by molar-refractivity contribution is -0.140. The van der Waals surface area contributed by atoms with Gasteiger partial charge in [0.1, 0.15) is 12.6 Å². The van der Waals surface area contributed by atoms with Crippen molar-refractivity contribution in [3.63, 3.8) is 0 Å². The Morgan fingerprint density at radius 2 is 1.50 bits per heavy atom. The Hall–Kier alpha value is -4.14. The first-order valence-electron chi connectivity index (χ1n) is 14.5. The first kappa shape index (κ1) is 32.8. The molecule has 0 aliphatic rings. The Bertz CT molecular complexity index is 1710. The van der Waals surface area contributed by atoms with E-state index >= 15 is 0 Å². The van der Waals surface area contributed by atoms with Gasteiger partial charge in [-0.2, -0.15) is 0 Å². The SMILES string of the molecule is CCNC(=O)[C@H](Cc1ccccc1)N(Cc1cccc(Cl)c1)C(=O)CN(c1cccc(C)c1C)S(=O)(=O)c1ccc(C)cc1. The summed E-state index contributed by atoms with van der Waals surface area (Å²) < 4.78 is 29.6. The molecule has 44 heavy (non-hydrogen) atoms. The normalized spacial score (nSPS) is 11.9. The zero-order valence-corrected chi connectivity index (χ0v) is 27.0. The number of hydrogen-bond acceptors (Lipinski definition) is 4. The number of carbonyl (C=O) groups is 2. The number of nitrogens with zero attached hydrogens (tertiary/aromatic N) is 2. The molecule has 0 saturated heterocycles. The molecule has 0 fully saturated rings. The first-order chi connectivity index (χ1) is 21.0. The van der Waals surface area contributed by atoms with Gasteiger partial charge in [-0.05, 0) is 80.3 Å². The fraction of sp³-hybridized carbons (Fsp3) is 0.257. The van der Waals surface area contributed by atoms with E-state index in [1.54, 1.807) is 54.6 Å². The molecule has 0 spiro atoms. The number of amides is 2. The van der Waals surface area contributed by atoms with Crippen LogP contribution in [-0.4, -0.2) is 44.3 Å². The van der Waals surface area contributed by atoms with Crippen molar-refractivity contribution in [3.8, 4) is 0 Å². The molecule has 0 bridgehead atoms. The molecule has 0 aliphatic carbocycles. The molecule has 0 saturated carbocycles. The molecule has 0 aliphatic heterocycles. The number of halogens is 1. The van der Waals surface area contributed by atoms with E-state index in [1.807, 2.05) is 70.2 Å². The molecule has 0 heterocycles. The summed E-state index contributed by atoms with van der Waals surface area (Å²) in [7, 11) is -4.17. The summed E-state index contributed by atoms with van der Waals surface area (Å²) in [6.07, 6.45) is 0.243. The second-order valence-corrected chi connectivity index (χ2v) is 13.1. The van der Waals surface area contributed by atoms with Crippen LogP contribution in [0.3, 0.4) is 0 Å². The zero-order chi connectivity index (χ0) is 31.9. The van der Waals surface area contributed by atoms with E-state index in [2.05, 4.69) is 5.32 Å². The van der Waals surface area contributed by atoms with Crippen LogP contribution in [0, 0.1) is 20.8 Å². The minimum Gasteiger partial charge on any atom is -0.355 e. The van der Waals surface area contributed by atoms with Crippen molar-refractivity contribution in [3.05, 3.63) is 130 Å². The lowest BCUT2D eigenvalue weighted by atomic mass is 10.0. The van der Waals surface area contributed by atoms with E-state index in [0.29, 0.717) is 22.8 Å². The average molecular weight is 632 g/mol. The molecule has 0 radical (unpaired) electrons. The average Bonchev–Trinajstić information content (AvgIpc) is 3.00. The molecular weight excluding hydrogens is 594 g/mol. The van der Waals surface area contributed by atoms with Gasteiger partial charge in [0.25, 0.3) is 10.0 Å². The van der Waals surface area contributed by atoms with Crippen molar-refractivity contribution >= 4 is 39.1 Å². The highest BCUT2D eigenvalue weighted by molar-refractivity contribution is 7.92. The van der Waals surface area contributed by atoms with E-state index in [4.69, 9.17) is 11.6 Å². The summed E-state index contributed by atoms with van der Waals surface area (Å²) in [4.78, 5) is 29.6. The van der Waals surface area contributed by atoms with Crippen molar-refractivity contribution in [1.29, 1.82) is 0 Å². The fourth-order valence-corrected chi connectivity index (χ4v) is 6.72. The molecule has 1 N–H and O–H groups in total. The molecule has 230 valence electrons. The Morgan fingerprint density at radius 1 is 0.841 bits per heavy atom. The third-order valence-electron chi connectivity index (χ3n) is 7.60. The van der Waals surface area contributed by atoms with Gasteiger partial charge in [0, 0.05) is 24.5 Å². The lowest BCUT2D eigenvalue weighted by Crippen LogP contribution is -2.53. The number of hydrogen-bond donors (Lipinski definition) is 1. The summed E-state index contributed by atoms with van der Waals surface area (Å²) in [6, 6.07) is 27.5. The Labute approximate surface area is 265 Å². The number of rotatable bonds is 12. The van der Waals surface area contributed by atoms with Crippen molar-refractivity contribution in [2.45, 2.75) is 51.6 Å². The molecule has 0 aromatic heterocycles. The number of sulfonamides is 1. The fourth-order valence-electron chi connectivity index (χ4n) is 5.03. The van der Waals surface area contributed by atoms with Gasteiger partial charge in [-0.25, -0.2) is 8.42 Å². The van der Waals surface area contributed by atoms with E-state index in [0.717, 1.165) is 26.6 Å². The Kier molecular flexibility index (Phi) is 10.8. The van der Waals surface area contributed by atoms with Gasteiger partial charge in [-0.15, -0.1) is 0 Å². The van der Waals surface area contributed by atoms with E-state index < -0.39 is 28.5 Å². The minimum absolute atomic E-state index is 0.0548. The number of anilines is 1. The van der Waals surface area contributed by atoms with Gasteiger partial charge >= 0.3 is 0 Å². The highest BCUT2D eigenvalue weighted by Gasteiger charge is 2.35. The quantitative estimate of drug-likeness (QED) is 0.201. The summed E-state index contributed by atoms with van der Waals surface area (Å²) in [6.45, 7) is 7.35. The van der Waals surface area contributed by atoms with Crippen LogP contribution in [0.4, 0.5) is 5.69 Å². The van der Waals surface area contributed by atoms with Crippen molar-refractivity contribution < 1.29 is 18.0 Å². The maximum atomic E-state index is 14.5. The monoisotopic (exact) mass is 631 g/mol. The maximum absolute atomic E-state index is 14.5. The smallest absolute Gasteiger partial charge is 0.264 e. The van der Waals surface area contributed by atoms with Gasteiger partial charge in [0.2, 0.25) is 11.8 Å². The summed E-state index contributed by atoms with van der Waals surface area (Å²) in [5.74, 6) is -0.847. The number of benzene rings is 4. The van der Waals surface area contributed by atoms with Crippen LogP contribution in [0.5, 0.6) is 0 Å². The van der Waals surface area contributed by atoms with E-state index in [1.165, 1.54) is 4.90 Å². The molecule has 4 aromatic rings. The molecule has 4 aromatic carbocycles. The number of likely N-dealkylation sites (N-methyl/N-ethyl adjacent to an activating group) is 1. The molecule has 1 atom stereocenters. The largest absolute Gasteiger partial charge is 0.355 e. The third kappa shape index (κ3) is 7.87. The molecule has 0 unspecified atom stereocenters. The Balaban J connectivity index is 1.83. The highest BCUT2D eigenvalue weighted by atomic mass is 35.5. The number of aryl methyl sites for hydroxylation is 2. The molecule has 2 amide bonds. The van der Waals surface area contributed by atoms with Crippen LogP contribution >= 0.6 is 11.6 Å². The second kappa shape index (κ2) is 14.6. The highest BCUT2D eigenvalue weighted by Crippen LogP contribution is 2.29. The maximum Gasteiger partial charge on any atom is 0.264 e. The summed E-state index contributed by atoms with van der Waals surface area (Å²) in [5, 5.41) is 3.36. The van der Waals surface area contributed by atoms with Gasteiger partial charge in [-0.1, -0.05) is 83.9 Å². The predicted octanol–water partition coefficient (Wildman–Crippen LogP) is 6.24. The van der Waals surface area contributed by atoms with Crippen LogP contribution in [0.1, 0.15) is 34.7 Å². The van der Waals surface area contributed by atoms with E-state index in [9.17, 15) is 18.0 Å². The van der Waals surface area contributed by atoms with Crippen LogP contribution in [0.2, 0.25) is 5.02 Å². The van der Waals surface area contributed by atoms with Gasteiger partial charge < -0.3 is 10.2 Å². The minimum atomic E-state index is -4.17. The lowest BCUT2D eigenvalue weighted by Gasteiger charge is -2.34. The molecule has 9 heteroatoms. The molecular formula is C35H38ClN3O4S. The second-order valence-electron chi connectivity index (χ2n) is 10.8. The van der Waals surface area contributed by atoms with E-state index in [-0.39, 0.29) is 23.8 Å². The Morgan fingerprint density at radius 3 is 2.16 bits per heavy atom. The zero-order valence-electron chi connectivity index (χ0n) is 25.5. The van der Waals surface area contributed by atoms with Gasteiger partial charge in [0.05, 0.1) is 10.6 Å². The van der Waals surface area contributed by atoms with Crippen LogP contribution in [0.15, 0.2) is 102 Å². The van der Waals surface area contributed by atoms with Gasteiger partial charge in [-0.3, -0.25) is 13.9 Å². The third-order valence-corrected chi connectivity index (χ3v) is 9.61. The predicted molar refractivity (Wildman–Crippen MR) is 176 cm³/mol. The number of carbonyl (C=O) groups excluding carboxylic acids is 2. The summed E-state index contributed by atoms with van der Waals surface area (Å²) in [5.41, 5.74) is 4.52. The first-order valence-corrected chi connectivity index (χ1v) is 16.3. The van der Waals surface area contributed by atoms with Gasteiger partial charge in [0.15, 0.2) is 0 Å². The molecule has 7 nitrogen and oxygen atoms in total. The molecule has 4 rings (SSSR count). The van der Waals surface area contributed by atoms with Crippen LogP contribution in [0.25, 0.3) is 0 Å². The summed E-state index contributed by atoms with van der Waals surface area (Å²) >= 11 is 6.29. The van der Waals surface area contributed by atoms with Crippen LogP contribution < -0.4 is 9.62 Å². The van der Waals surface area contributed by atoms with Crippen molar-refractivity contribution in [2.75, 3.05) is 17.4 Å². The van der Waals surface area contributed by atoms with Crippen LogP contribution in [-0.2, 0) is 32.6 Å². The topological polar surface area (TPSA) is 86.8 Å².